The maximum atomic E-state index is 12.7. The summed E-state index contributed by atoms with van der Waals surface area (Å²) in [4.78, 5) is 12.7. The number of benzene rings is 2. The summed E-state index contributed by atoms with van der Waals surface area (Å²) < 4.78 is 0. The van der Waals surface area contributed by atoms with Crippen molar-refractivity contribution >= 4 is 5.78 Å². The van der Waals surface area contributed by atoms with Crippen molar-refractivity contribution in [3.63, 3.8) is 0 Å². The fourth-order valence-corrected chi connectivity index (χ4v) is 5.09. The molecule has 167 valence electrons. The molecule has 2 N–H and O–H groups in total. The quantitative estimate of drug-likeness (QED) is 0.533. The number of nitriles is 1. The largest absolute Gasteiger partial charge is 0.396 e. The van der Waals surface area contributed by atoms with E-state index in [4.69, 9.17) is 0 Å². The number of aliphatic hydroxyl groups excluding tert-OH is 2. The third-order valence-corrected chi connectivity index (χ3v) is 6.73. The first-order valence-electron chi connectivity index (χ1n) is 11.1. The van der Waals surface area contributed by atoms with Crippen molar-refractivity contribution in [3.05, 3.63) is 76.2 Å². The van der Waals surface area contributed by atoms with Gasteiger partial charge in [-0.15, -0.1) is 0 Å². The molecule has 1 aliphatic rings. The fourth-order valence-electron chi connectivity index (χ4n) is 5.09. The number of aliphatic hydroxyl groups is 2. The normalized spacial score (nSPS) is 20.1. The number of aryl methyl sites for hydroxylation is 3. The maximum Gasteiger partial charge on any atom is 0.138 e. The number of ketones is 1. The van der Waals surface area contributed by atoms with Crippen LogP contribution in [-0.2, 0) is 63.2 Å². The Bertz CT molecular complexity index is 972. The molecule has 1 radical (unpaired) electrons. The van der Waals surface area contributed by atoms with E-state index in [1.807, 2.05) is 18.2 Å². The number of nitrogens with zero attached hydrogens (tertiary/aromatic N) is 1. The minimum atomic E-state index is -0.619. The number of hydrogen-bond acceptors (Lipinski definition) is 4. The molecular weight excluding hydrogens is 475 g/mol. The van der Waals surface area contributed by atoms with Crippen LogP contribution < -0.4 is 0 Å². The van der Waals surface area contributed by atoms with Gasteiger partial charge in [0.2, 0.25) is 0 Å². The summed E-state index contributed by atoms with van der Waals surface area (Å²) in [7, 11) is 0. The van der Waals surface area contributed by atoms with Crippen LogP contribution >= 0.6 is 0 Å². The molecule has 0 heterocycles. The number of Topliss-reactive ketones (excluding diaryl/α,β-unsaturated/α-hetero) is 1. The second kappa shape index (κ2) is 12.2. The summed E-state index contributed by atoms with van der Waals surface area (Å²) in [5, 5.41) is 29.1. The fraction of sp³-hybridized carbons (Fsp3) is 0.444. The van der Waals surface area contributed by atoms with E-state index in [1.54, 1.807) is 0 Å². The first-order chi connectivity index (χ1) is 14.9. The van der Waals surface area contributed by atoms with Crippen LogP contribution in [0, 0.1) is 43.9 Å². The SMILES string of the molecule is [CH2-]Cc1cc(C[C@H]2C(O)CC(=O)[C@@H]2CCc2cc(C)c(CCO)c(C)c2)ccc1C#N.[Y]. The van der Waals surface area contributed by atoms with Crippen LogP contribution in [0.2, 0.25) is 0 Å². The van der Waals surface area contributed by atoms with Crippen LogP contribution in [0.15, 0.2) is 30.3 Å². The van der Waals surface area contributed by atoms with Gasteiger partial charge in [0.25, 0.3) is 0 Å². The Hall–Kier alpha value is -1.38. The van der Waals surface area contributed by atoms with E-state index in [1.165, 1.54) is 22.3 Å². The number of rotatable bonds is 8. The molecule has 32 heavy (non-hydrogen) atoms. The average molecular weight is 507 g/mol. The standard InChI is InChI=1S/C27H32NO3.Y/c1-4-21-13-20(5-7-22(21)16-28)14-25-24(26(30)15-27(25)31)8-6-19-11-17(2)23(9-10-29)18(3)12-19;/h5,7,11-13,24-25,27,29,31H,1,4,6,8-10,14-15H2,2-3H3;/q-1;/t24-,25-,27?;/m1./s1. The van der Waals surface area contributed by atoms with Crippen LogP contribution in [0.1, 0.15) is 51.8 Å². The van der Waals surface area contributed by atoms with E-state index in [2.05, 4.69) is 39.0 Å². The summed E-state index contributed by atoms with van der Waals surface area (Å²) in [6.07, 6.45) is 2.94. The van der Waals surface area contributed by atoms with Crippen molar-refractivity contribution in [1.29, 1.82) is 5.26 Å². The predicted molar refractivity (Wildman–Crippen MR) is 122 cm³/mol. The van der Waals surface area contributed by atoms with Gasteiger partial charge in [0.05, 0.1) is 17.7 Å². The van der Waals surface area contributed by atoms with Gasteiger partial charge < -0.3 is 17.1 Å². The summed E-state index contributed by atoms with van der Waals surface area (Å²) in [5.41, 5.74) is 7.33. The first-order valence-corrected chi connectivity index (χ1v) is 11.1. The number of hydrogen-bond donors (Lipinski definition) is 2. The zero-order valence-corrected chi connectivity index (χ0v) is 21.9. The second-order valence-electron chi connectivity index (χ2n) is 8.79. The Kier molecular flexibility index (Phi) is 10.2. The Morgan fingerprint density at radius 3 is 2.41 bits per heavy atom. The van der Waals surface area contributed by atoms with Crippen LogP contribution in [-0.4, -0.2) is 28.7 Å². The molecule has 4 nitrogen and oxygen atoms in total. The summed E-state index contributed by atoms with van der Waals surface area (Å²) >= 11 is 0. The molecule has 0 bridgehead atoms. The van der Waals surface area contributed by atoms with Gasteiger partial charge in [-0.2, -0.15) is 11.7 Å². The van der Waals surface area contributed by atoms with Gasteiger partial charge in [0.15, 0.2) is 0 Å². The Balaban J connectivity index is 0.00000363. The Morgan fingerprint density at radius 1 is 1.12 bits per heavy atom. The van der Waals surface area contributed by atoms with E-state index in [0.29, 0.717) is 24.8 Å². The third kappa shape index (κ3) is 6.14. The van der Waals surface area contributed by atoms with Crippen LogP contribution in [0.4, 0.5) is 0 Å². The molecule has 3 rings (SSSR count). The van der Waals surface area contributed by atoms with E-state index in [0.717, 1.165) is 24.0 Å². The van der Waals surface area contributed by atoms with Crippen LogP contribution in [0.5, 0.6) is 0 Å². The molecule has 2 aromatic carbocycles. The molecule has 1 unspecified atom stereocenters. The summed E-state index contributed by atoms with van der Waals surface area (Å²) in [5.74, 6) is -0.116. The monoisotopic (exact) mass is 507 g/mol. The van der Waals surface area contributed by atoms with Gasteiger partial charge in [0, 0.05) is 51.7 Å². The predicted octanol–water partition coefficient (Wildman–Crippen LogP) is 3.83. The molecule has 0 amide bonds. The van der Waals surface area contributed by atoms with Gasteiger partial charge in [-0.05, 0) is 79.3 Å². The van der Waals surface area contributed by atoms with Crippen molar-refractivity contribution in [2.75, 3.05) is 6.61 Å². The van der Waals surface area contributed by atoms with Crippen molar-refractivity contribution in [2.45, 2.75) is 58.5 Å². The number of carbonyl (C=O) groups is 1. The molecule has 2 aromatic rings. The van der Waals surface area contributed by atoms with E-state index >= 15 is 0 Å². The minimum Gasteiger partial charge on any atom is -0.396 e. The molecule has 0 spiro atoms. The van der Waals surface area contributed by atoms with E-state index in [-0.39, 0.29) is 63.4 Å². The molecule has 0 aromatic heterocycles. The van der Waals surface area contributed by atoms with Crippen molar-refractivity contribution in [3.8, 4) is 6.07 Å². The van der Waals surface area contributed by atoms with Gasteiger partial charge in [-0.1, -0.05) is 29.8 Å². The Morgan fingerprint density at radius 2 is 1.81 bits per heavy atom. The molecule has 0 aliphatic heterocycles. The molecule has 0 saturated heterocycles. The smallest absolute Gasteiger partial charge is 0.138 e. The van der Waals surface area contributed by atoms with Crippen molar-refractivity contribution in [2.24, 2.45) is 11.8 Å². The average Bonchev–Trinajstić information content (AvgIpc) is 3.01. The molecular formula is C27H32NO3Y-. The van der Waals surface area contributed by atoms with Gasteiger partial charge in [-0.25, -0.2) is 0 Å². The summed E-state index contributed by atoms with van der Waals surface area (Å²) in [6.45, 7) is 8.19. The molecule has 1 saturated carbocycles. The van der Waals surface area contributed by atoms with E-state index < -0.39 is 6.10 Å². The summed E-state index contributed by atoms with van der Waals surface area (Å²) in [6, 6.07) is 12.2. The van der Waals surface area contributed by atoms with Crippen LogP contribution in [0.3, 0.4) is 0 Å². The molecule has 3 atom stereocenters. The van der Waals surface area contributed by atoms with Crippen LogP contribution in [0.25, 0.3) is 0 Å². The maximum absolute atomic E-state index is 12.7. The topological polar surface area (TPSA) is 81.3 Å². The third-order valence-electron chi connectivity index (χ3n) is 6.73. The second-order valence-corrected chi connectivity index (χ2v) is 8.79. The van der Waals surface area contributed by atoms with Crippen molar-refractivity contribution < 1.29 is 47.7 Å². The Labute approximate surface area is 216 Å². The van der Waals surface area contributed by atoms with E-state index in [9.17, 15) is 20.3 Å². The minimum absolute atomic E-state index is 0. The van der Waals surface area contributed by atoms with Gasteiger partial charge in [0.1, 0.15) is 5.78 Å². The first kappa shape index (κ1) is 26.9. The van der Waals surface area contributed by atoms with Gasteiger partial charge >= 0.3 is 0 Å². The zero-order chi connectivity index (χ0) is 22.5. The molecule has 1 fully saturated rings. The molecule has 1 aliphatic carbocycles. The van der Waals surface area contributed by atoms with Crippen molar-refractivity contribution in [1.82, 2.24) is 0 Å². The zero-order valence-electron chi connectivity index (χ0n) is 19.1. The molecule has 5 heteroatoms. The number of carbonyl (C=O) groups excluding carboxylic acids is 1. The van der Waals surface area contributed by atoms with Gasteiger partial charge in [-0.3, -0.25) is 4.79 Å².